The van der Waals surface area contributed by atoms with Crippen molar-refractivity contribution in [3.8, 4) is 0 Å². The Labute approximate surface area is 187 Å². The number of para-hydroxylation sites is 2. The number of benzene rings is 2. The molecule has 6 nitrogen and oxygen atoms in total. The van der Waals surface area contributed by atoms with Crippen molar-refractivity contribution in [3.63, 3.8) is 0 Å². The van der Waals surface area contributed by atoms with Crippen molar-refractivity contribution in [3.05, 3.63) is 70.6 Å². The van der Waals surface area contributed by atoms with Crippen LogP contribution in [0.3, 0.4) is 0 Å². The lowest BCUT2D eigenvalue weighted by molar-refractivity contribution is -0.122. The fourth-order valence-electron chi connectivity index (χ4n) is 6.22. The summed E-state index contributed by atoms with van der Waals surface area (Å²) < 4.78 is 1.98. The Morgan fingerprint density at radius 3 is 2.47 bits per heavy atom. The van der Waals surface area contributed by atoms with Crippen LogP contribution >= 0.6 is 0 Å². The molecule has 2 saturated carbocycles. The number of carbonyl (C=O) groups excluding carboxylic acids is 1. The van der Waals surface area contributed by atoms with E-state index in [4.69, 9.17) is 0 Å². The van der Waals surface area contributed by atoms with Crippen molar-refractivity contribution >= 4 is 16.9 Å². The van der Waals surface area contributed by atoms with Crippen LogP contribution in [0.5, 0.6) is 0 Å². The summed E-state index contributed by atoms with van der Waals surface area (Å²) in [5.41, 5.74) is 3.25. The molecule has 0 bridgehead atoms. The van der Waals surface area contributed by atoms with Gasteiger partial charge in [0.05, 0.1) is 11.0 Å². The summed E-state index contributed by atoms with van der Waals surface area (Å²) in [6.07, 6.45) is 3.10. The fraction of sp³-hybridized carbons (Fsp3) is 0.462. The third-order valence-electron chi connectivity index (χ3n) is 7.87. The number of nitrogens with zero attached hydrogens (tertiary/aromatic N) is 2. The van der Waals surface area contributed by atoms with Gasteiger partial charge in [-0.1, -0.05) is 42.5 Å². The van der Waals surface area contributed by atoms with Gasteiger partial charge < -0.3 is 15.2 Å². The molecule has 3 fully saturated rings. The summed E-state index contributed by atoms with van der Waals surface area (Å²) in [5.74, 6) is 2.03. The van der Waals surface area contributed by atoms with Gasteiger partial charge in [0, 0.05) is 38.1 Å². The van der Waals surface area contributed by atoms with Gasteiger partial charge in [0.25, 0.3) is 0 Å². The molecule has 6 rings (SSSR count). The smallest absolute Gasteiger partial charge is 0.326 e. The van der Waals surface area contributed by atoms with Crippen molar-refractivity contribution in [2.75, 3.05) is 26.2 Å². The van der Waals surface area contributed by atoms with E-state index < -0.39 is 0 Å². The Bertz CT molecular complexity index is 1170. The van der Waals surface area contributed by atoms with E-state index in [9.17, 15) is 9.59 Å². The number of imidazole rings is 1. The number of aromatic nitrogens is 2. The Kier molecular flexibility index (Phi) is 4.90. The van der Waals surface area contributed by atoms with Crippen LogP contribution in [0.4, 0.5) is 0 Å². The number of H-pyrrole nitrogens is 1. The Morgan fingerprint density at radius 1 is 0.969 bits per heavy atom. The minimum Gasteiger partial charge on any atom is -0.355 e. The highest BCUT2D eigenvalue weighted by molar-refractivity contribution is 5.82. The predicted molar refractivity (Wildman–Crippen MR) is 125 cm³/mol. The highest BCUT2D eigenvalue weighted by atomic mass is 16.2. The zero-order valence-corrected chi connectivity index (χ0v) is 18.2. The molecule has 1 aromatic heterocycles. The minimum absolute atomic E-state index is 0.0182. The average Bonchev–Trinajstić information content (AvgIpc) is 3.23. The van der Waals surface area contributed by atoms with E-state index in [0.717, 1.165) is 56.5 Å². The third-order valence-corrected chi connectivity index (χ3v) is 7.87. The van der Waals surface area contributed by atoms with Crippen LogP contribution in [0.2, 0.25) is 0 Å². The summed E-state index contributed by atoms with van der Waals surface area (Å²) in [6.45, 7) is 3.79. The first-order chi connectivity index (χ1) is 15.7. The van der Waals surface area contributed by atoms with Crippen molar-refractivity contribution in [1.82, 2.24) is 19.8 Å². The molecule has 2 unspecified atom stereocenters. The number of likely N-dealkylation sites (tertiary alicyclic amines) is 1. The second kappa shape index (κ2) is 7.93. The predicted octanol–water partition coefficient (Wildman–Crippen LogP) is 3.13. The fourth-order valence-corrected chi connectivity index (χ4v) is 6.22. The van der Waals surface area contributed by atoms with E-state index in [0.29, 0.717) is 23.8 Å². The highest BCUT2D eigenvalue weighted by Gasteiger charge is 2.44. The van der Waals surface area contributed by atoms with E-state index in [2.05, 4.69) is 27.3 Å². The molecule has 3 aromatic rings. The topological polar surface area (TPSA) is 70.1 Å². The van der Waals surface area contributed by atoms with Gasteiger partial charge in [0.1, 0.15) is 0 Å². The molecule has 2 N–H and O–H groups in total. The third kappa shape index (κ3) is 3.56. The second-order valence-corrected chi connectivity index (χ2v) is 9.87. The lowest BCUT2D eigenvalue weighted by atomic mass is 10.0. The molecule has 0 spiro atoms. The van der Waals surface area contributed by atoms with Crippen LogP contribution in [0, 0.1) is 17.8 Å². The van der Waals surface area contributed by atoms with Crippen LogP contribution in [0.15, 0.2) is 59.4 Å². The summed E-state index contributed by atoms with van der Waals surface area (Å²) >= 11 is 0. The first-order valence-corrected chi connectivity index (χ1v) is 11.9. The number of amides is 1. The lowest BCUT2D eigenvalue weighted by Gasteiger charge is -2.20. The van der Waals surface area contributed by atoms with Gasteiger partial charge in [-0.25, -0.2) is 4.79 Å². The van der Waals surface area contributed by atoms with Crippen molar-refractivity contribution in [1.29, 1.82) is 0 Å². The molecule has 1 saturated heterocycles. The van der Waals surface area contributed by atoms with Gasteiger partial charge in [-0.05, 0) is 54.7 Å². The molecule has 2 heterocycles. The molecule has 0 radical (unpaired) electrons. The molecule has 3 aliphatic rings. The number of fused-ring (bicyclic) bond motifs is 2. The van der Waals surface area contributed by atoms with E-state index in [1.165, 1.54) is 5.56 Å². The van der Waals surface area contributed by atoms with E-state index >= 15 is 0 Å². The Morgan fingerprint density at radius 2 is 1.69 bits per heavy atom. The lowest BCUT2D eigenvalue weighted by Crippen LogP contribution is -2.35. The van der Waals surface area contributed by atoms with Gasteiger partial charge >= 0.3 is 5.69 Å². The molecule has 1 aliphatic heterocycles. The molecule has 2 aromatic carbocycles. The first-order valence-electron chi connectivity index (χ1n) is 11.9. The quantitative estimate of drug-likeness (QED) is 0.631. The largest absolute Gasteiger partial charge is 0.355 e. The van der Waals surface area contributed by atoms with Gasteiger partial charge in [0.2, 0.25) is 5.91 Å². The molecule has 32 heavy (non-hydrogen) atoms. The molecule has 2 aliphatic carbocycles. The highest BCUT2D eigenvalue weighted by Crippen LogP contribution is 2.47. The summed E-state index contributed by atoms with van der Waals surface area (Å²) in [7, 11) is 0. The maximum absolute atomic E-state index is 12.5. The molecular formula is C26H30N4O2. The number of hydrogen-bond acceptors (Lipinski definition) is 3. The SMILES string of the molecule is O=C(NCCN1CC2CC(n3c(=O)[nH]c4ccccc43)CC2C1)[C@@H]1C[C@H]1c1ccccc1. The van der Waals surface area contributed by atoms with Crippen LogP contribution in [-0.2, 0) is 4.79 Å². The van der Waals surface area contributed by atoms with E-state index in [1.807, 2.05) is 47.0 Å². The zero-order valence-electron chi connectivity index (χ0n) is 18.2. The van der Waals surface area contributed by atoms with Crippen molar-refractivity contribution in [2.24, 2.45) is 17.8 Å². The van der Waals surface area contributed by atoms with Crippen LogP contribution in [0.25, 0.3) is 11.0 Å². The van der Waals surface area contributed by atoms with Gasteiger partial charge in [-0.15, -0.1) is 0 Å². The van der Waals surface area contributed by atoms with Crippen LogP contribution < -0.4 is 11.0 Å². The average molecular weight is 431 g/mol. The molecule has 166 valence electrons. The maximum Gasteiger partial charge on any atom is 0.326 e. The standard InChI is InChI=1S/C26H30N4O2/c31-25(22-14-21(22)17-6-2-1-3-7-17)27-10-11-29-15-18-12-20(13-19(18)16-29)30-24-9-5-4-8-23(24)28-26(30)32/h1-9,18-22H,10-16H2,(H,27,31)(H,28,32)/t18?,19?,20?,21-,22+/m0/s1. The number of aromatic amines is 1. The summed E-state index contributed by atoms with van der Waals surface area (Å²) in [5, 5.41) is 3.17. The number of carbonyl (C=O) groups is 1. The van der Waals surface area contributed by atoms with Gasteiger partial charge in [-0.2, -0.15) is 0 Å². The molecule has 1 amide bonds. The first kappa shape index (κ1) is 19.8. The number of rotatable bonds is 6. The molecule has 6 heteroatoms. The van der Waals surface area contributed by atoms with Gasteiger partial charge in [-0.3, -0.25) is 9.36 Å². The van der Waals surface area contributed by atoms with Crippen molar-refractivity contribution < 1.29 is 4.79 Å². The van der Waals surface area contributed by atoms with Crippen molar-refractivity contribution in [2.45, 2.75) is 31.2 Å². The molecular weight excluding hydrogens is 400 g/mol. The van der Waals surface area contributed by atoms with E-state index in [1.54, 1.807) is 0 Å². The van der Waals surface area contributed by atoms with E-state index in [-0.39, 0.29) is 17.5 Å². The zero-order chi connectivity index (χ0) is 21.7. The Hall–Kier alpha value is -2.86. The van der Waals surface area contributed by atoms with Crippen LogP contribution in [-0.4, -0.2) is 46.5 Å². The monoisotopic (exact) mass is 430 g/mol. The maximum atomic E-state index is 12.5. The Balaban J connectivity index is 0.989. The second-order valence-electron chi connectivity index (χ2n) is 9.87. The van der Waals surface area contributed by atoms with Crippen LogP contribution in [0.1, 0.15) is 36.8 Å². The summed E-state index contributed by atoms with van der Waals surface area (Å²) in [6, 6.07) is 18.6. The van der Waals surface area contributed by atoms with Gasteiger partial charge in [0.15, 0.2) is 0 Å². The normalized spacial score (nSPS) is 29.3. The molecule has 4 atom stereocenters. The minimum atomic E-state index is 0.0182. The summed E-state index contributed by atoms with van der Waals surface area (Å²) in [4.78, 5) is 30.5. The number of nitrogens with one attached hydrogen (secondary N) is 2. The number of hydrogen-bond donors (Lipinski definition) is 2.